The minimum absolute atomic E-state index is 0. The molecule has 0 saturated carbocycles. The van der Waals surface area contributed by atoms with E-state index in [0.717, 1.165) is 16.7 Å². The molecular formula is C25H25N3Na2O6. The molecule has 0 fully saturated rings. The molecule has 3 rings (SSSR count). The van der Waals surface area contributed by atoms with Crippen LogP contribution in [-0.2, 0) is 11.8 Å². The minimum atomic E-state index is -1.37. The van der Waals surface area contributed by atoms with Crippen molar-refractivity contribution in [2.24, 2.45) is 7.05 Å². The zero-order valence-electron chi connectivity index (χ0n) is 21.3. The molecule has 178 valence electrons. The molecule has 0 bridgehead atoms. The third-order valence-electron chi connectivity index (χ3n) is 5.53. The first kappa shape index (κ1) is 31.8. The van der Waals surface area contributed by atoms with E-state index in [1.54, 1.807) is 25.3 Å². The zero-order chi connectivity index (χ0) is 25.0. The van der Waals surface area contributed by atoms with Crippen molar-refractivity contribution in [1.82, 2.24) is 9.88 Å². The maximum Gasteiger partial charge on any atom is 1.00 e. The number of anilines is 1. The summed E-state index contributed by atoms with van der Waals surface area (Å²) in [6, 6.07) is 10.8. The van der Waals surface area contributed by atoms with Gasteiger partial charge in [0.05, 0.1) is 13.2 Å². The Morgan fingerprint density at radius 2 is 1.78 bits per heavy atom. The van der Waals surface area contributed by atoms with E-state index in [-0.39, 0.29) is 64.7 Å². The number of hydrogen-bond donors (Lipinski definition) is 2. The van der Waals surface area contributed by atoms with E-state index in [1.807, 2.05) is 31.2 Å². The summed E-state index contributed by atoms with van der Waals surface area (Å²) in [6.45, 7) is 3.43. The number of aryl methyl sites for hydroxylation is 2. The van der Waals surface area contributed by atoms with E-state index < -0.39 is 41.5 Å². The van der Waals surface area contributed by atoms with Gasteiger partial charge in [-0.25, -0.2) is 4.79 Å². The Hall–Kier alpha value is -2.27. The molecule has 3 aromatic rings. The summed E-state index contributed by atoms with van der Waals surface area (Å²) in [5.41, 5.74) is 2.31. The predicted octanol–water partition coefficient (Wildman–Crippen LogP) is -4.24. The standard InChI is InChI=1S/C25H27N3O6.2Na/c1-14-13-28(3)24(32)22(23(14)31)27-25(33)26-19(12-21(29)30)17-8-5-7-16(11-17)18-9-6-10-20(34-4)15(18)2;;/h5-11,13,19,31H,12H2,1-4H3,(H,29,30)(H2,26,27,33);;/q;2*+1/p-2/t19-;;/m0../s1. The number of urea groups is 1. The van der Waals surface area contributed by atoms with Gasteiger partial charge in [-0.05, 0) is 53.8 Å². The molecule has 36 heavy (non-hydrogen) atoms. The fourth-order valence-electron chi connectivity index (χ4n) is 3.79. The molecular weight excluding hydrogens is 484 g/mol. The summed E-state index contributed by atoms with van der Waals surface area (Å²) in [6.07, 6.45) is 0.864. The quantitative estimate of drug-likeness (QED) is 0.310. The van der Waals surface area contributed by atoms with Crippen LogP contribution in [0.25, 0.3) is 11.1 Å². The van der Waals surface area contributed by atoms with Gasteiger partial charge in [-0.3, -0.25) is 4.79 Å². The van der Waals surface area contributed by atoms with Crippen LogP contribution in [-0.4, -0.2) is 23.7 Å². The number of nitrogens with zero attached hydrogens (tertiary/aromatic N) is 1. The van der Waals surface area contributed by atoms with E-state index in [2.05, 4.69) is 10.6 Å². The van der Waals surface area contributed by atoms with Gasteiger partial charge in [-0.2, -0.15) is 0 Å². The van der Waals surface area contributed by atoms with Gasteiger partial charge in [-0.15, -0.1) is 0 Å². The van der Waals surface area contributed by atoms with Crippen LogP contribution in [0.15, 0.2) is 53.5 Å². The van der Waals surface area contributed by atoms with Crippen LogP contribution in [0.4, 0.5) is 10.5 Å². The van der Waals surface area contributed by atoms with Crippen LogP contribution in [0.3, 0.4) is 0 Å². The van der Waals surface area contributed by atoms with Crippen LogP contribution < -0.4 is 90.3 Å². The normalized spacial score (nSPS) is 10.9. The van der Waals surface area contributed by atoms with Crippen molar-refractivity contribution in [3.63, 3.8) is 0 Å². The number of nitrogens with one attached hydrogen (secondary N) is 2. The maximum atomic E-state index is 12.7. The third kappa shape index (κ3) is 7.38. The smallest absolute Gasteiger partial charge is 0.871 e. The number of ether oxygens (including phenoxy) is 1. The monoisotopic (exact) mass is 509 g/mol. The molecule has 0 aliphatic carbocycles. The number of carboxylic acids is 1. The van der Waals surface area contributed by atoms with Gasteiger partial charge >= 0.3 is 65.1 Å². The van der Waals surface area contributed by atoms with Crippen molar-refractivity contribution in [2.45, 2.75) is 26.3 Å². The van der Waals surface area contributed by atoms with Crippen molar-refractivity contribution in [3.8, 4) is 22.6 Å². The van der Waals surface area contributed by atoms with Gasteiger partial charge in [0.25, 0.3) is 5.56 Å². The molecule has 0 aliphatic rings. The minimum Gasteiger partial charge on any atom is -0.871 e. The summed E-state index contributed by atoms with van der Waals surface area (Å²) in [7, 11) is 3.04. The second-order valence-corrected chi connectivity index (χ2v) is 7.92. The Labute approximate surface area is 253 Å². The zero-order valence-corrected chi connectivity index (χ0v) is 25.3. The van der Waals surface area contributed by atoms with E-state index in [4.69, 9.17) is 4.74 Å². The van der Waals surface area contributed by atoms with E-state index >= 15 is 0 Å². The number of carboxylic acid groups (broad SMARTS) is 1. The van der Waals surface area contributed by atoms with Crippen molar-refractivity contribution in [3.05, 3.63) is 75.7 Å². The summed E-state index contributed by atoms with van der Waals surface area (Å²) in [5, 5.41) is 28.6. The largest absolute Gasteiger partial charge is 1.00 e. The van der Waals surface area contributed by atoms with Gasteiger partial charge in [0.2, 0.25) is 0 Å². The molecule has 0 saturated heterocycles. The molecule has 9 nitrogen and oxygen atoms in total. The predicted molar refractivity (Wildman–Crippen MR) is 124 cm³/mol. The number of carbonyl (C=O) groups is 2. The topological polar surface area (TPSA) is 136 Å². The summed E-state index contributed by atoms with van der Waals surface area (Å²) in [5.74, 6) is -1.27. The van der Waals surface area contributed by atoms with Gasteiger partial charge in [-0.1, -0.05) is 36.1 Å². The number of methoxy groups -OCH3 is 1. The first-order valence-corrected chi connectivity index (χ1v) is 10.5. The SMILES string of the molecule is COc1cccc(-c2cccc([C@H](CC(=O)[O-])NC(=O)Nc3c([O-])c(C)cn(C)c3=O)c2)c1C.[Na+].[Na+]. The fourth-order valence-corrected chi connectivity index (χ4v) is 3.79. The van der Waals surface area contributed by atoms with Gasteiger partial charge < -0.3 is 34.9 Å². The molecule has 2 aromatic carbocycles. The molecule has 1 aromatic heterocycles. The van der Waals surface area contributed by atoms with E-state index in [1.165, 1.54) is 24.7 Å². The molecule has 2 amide bonds. The van der Waals surface area contributed by atoms with Crippen molar-refractivity contribution >= 4 is 17.7 Å². The first-order chi connectivity index (χ1) is 16.1. The number of aromatic nitrogens is 1. The molecule has 2 N–H and O–H groups in total. The summed E-state index contributed by atoms with van der Waals surface area (Å²) < 4.78 is 6.56. The number of rotatable bonds is 7. The Balaban J connectivity index is 0.00000324. The second-order valence-electron chi connectivity index (χ2n) is 7.92. The number of amides is 2. The first-order valence-electron chi connectivity index (χ1n) is 10.5. The average Bonchev–Trinajstić information content (AvgIpc) is 2.80. The molecule has 11 heteroatoms. The Kier molecular flexibility index (Phi) is 12.2. The average molecular weight is 509 g/mol. The van der Waals surface area contributed by atoms with Crippen LogP contribution in [0, 0.1) is 13.8 Å². The van der Waals surface area contributed by atoms with Crippen LogP contribution >= 0.6 is 0 Å². The van der Waals surface area contributed by atoms with E-state index in [9.17, 15) is 24.6 Å². The van der Waals surface area contributed by atoms with Crippen LogP contribution in [0.2, 0.25) is 0 Å². The molecule has 0 aliphatic heterocycles. The van der Waals surface area contributed by atoms with E-state index in [0.29, 0.717) is 11.3 Å². The summed E-state index contributed by atoms with van der Waals surface area (Å²) >= 11 is 0. The molecule has 1 heterocycles. The molecule has 0 unspecified atom stereocenters. The van der Waals surface area contributed by atoms with Gasteiger partial charge in [0.15, 0.2) is 0 Å². The maximum absolute atomic E-state index is 12.7. The summed E-state index contributed by atoms with van der Waals surface area (Å²) in [4.78, 5) is 36.4. The van der Waals surface area contributed by atoms with Gasteiger partial charge in [0, 0.05) is 25.6 Å². The number of carbonyl (C=O) groups excluding carboxylic acids is 2. The van der Waals surface area contributed by atoms with Crippen molar-refractivity contribution in [2.75, 3.05) is 12.4 Å². The van der Waals surface area contributed by atoms with Crippen LogP contribution in [0.1, 0.15) is 29.2 Å². The van der Waals surface area contributed by atoms with Gasteiger partial charge in [0.1, 0.15) is 11.4 Å². The van der Waals surface area contributed by atoms with Crippen molar-refractivity contribution in [1.29, 1.82) is 0 Å². The van der Waals surface area contributed by atoms with Crippen molar-refractivity contribution < 1.29 is 83.7 Å². The molecule has 1 atom stereocenters. The Morgan fingerprint density at radius 3 is 2.42 bits per heavy atom. The third-order valence-corrected chi connectivity index (χ3v) is 5.53. The fraction of sp³-hybridized carbons (Fsp3) is 0.240. The number of aliphatic carboxylic acids is 1. The number of pyridine rings is 1. The molecule has 0 spiro atoms. The molecule has 0 radical (unpaired) electrons. The van der Waals surface area contributed by atoms with Crippen LogP contribution in [0.5, 0.6) is 11.5 Å². The Morgan fingerprint density at radius 1 is 1.11 bits per heavy atom. The Bertz CT molecular complexity index is 1310. The number of benzene rings is 2. The number of hydrogen-bond acceptors (Lipinski definition) is 6. The second kappa shape index (κ2) is 13.9.